The van der Waals surface area contributed by atoms with Crippen molar-refractivity contribution in [3.8, 4) is 16.9 Å². The number of hydrogen-bond acceptors (Lipinski definition) is 5. The number of pyridine rings is 1. The third kappa shape index (κ3) is 6.50. The second-order valence-electron chi connectivity index (χ2n) is 11.1. The summed E-state index contributed by atoms with van der Waals surface area (Å²) in [6, 6.07) is 26.5. The number of carbonyl (C=O) groups is 1. The fraction of sp³-hybridized carbons (Fsp3) is 0.278. The van der Waals surface area contributed by atoms with Gasteiger partial charge in [0, 0.05) is 56.5 Å². The number of nitrogens with zero attached hydrogens (tertiary/aromatic N) is 2. The highest BCUT2D eigenvalue weighted by atomic mass is 35.5. The average Bonchev–Trinajstić information content (AvgIpc) is 3.32. The maximum Gasteiger partial charge on any atom is 0.332 e. The van der Waals surface area contributed by atoms with E-state index in [9.17, 15) is 9.90 Å². The molecule has 1 aliphatic heterocycles. The van der Waals surface area contributed by atoms with Gasteiger partial charge >= 0.3 is 5.97 Å². The van der Waals surface area contributed by atoms with Gasteiger partial charge in [-0.3, -0.25) is 4.98 Å². The summed E-state index contributed by atoms with van der Waals surface area (Å²) in [4.78, 5) is 17.5. The highest BCUT2D eigenvalue weighted by molar-refractivity contribution is 8.00. The van der Waals surface area contributed by atoms with E-state index in [2.05, 4.69) is 58.9 Å². The Morgan fingerprint density at radius 3 is 2.57 bits per heavy atom. The van der Waals surface area contributed by atoms with Crippen LogP contribution in [0.1, 0.15) is 42.8 Å². The van der Waals surface area contributed by atoms with Gasteiger partial charge in [0.05, 0.1) is 17.8 Å². The number of hydrogen-bond donors (Lipinski definition) is 1. The molecule has 0 spiro atoms. The minimum atomic E-state index is -0.924. The summed E-state index contributed by atoms with van der Waals surface area (Å²) in [7, 11) is 0. The Balaban J connectivity index is 1.32. The number of ether oxygens (including phenoxy) is 2. The molecule has 6 rings (SSSR count). The Labute approximate surface area is 267 Å². The molecule has 0 amide bonds. The van der Waals surface area contributed by atoms with Crippen molar-refractivity contribution >= 4 is 40.2 Å². The van der Waals surface area contributed by atoms with Gasteiger partial charge in [-0.15, -0.1) is 11.8 Å². The third-order valence-electron chi connectivity index (χ3n) is 8.03. The van der Waals surface area contributed by atoms with Crippen molar-refractivity contribution in [3.63, 3.8) is 0 Å². The zero-order valence-electron chi connectivity index (χ0n) is 24.8. The molecule has 0 aliphatic carbocycles. The van der Waals surface area contributed by atoms with Crippen molar-refractivity contribution < 1.29 is 19.4 Å². The number of carboxylic acid groups (broad SMARTS) is 1. The molecule has 3 heterocycles. The van der Waals surface area contributed by atoms with Crippen LogP contribution in [0.15, 0.2) is 90.0 Å². The molecule has 1 aliphatic rings. The van der Waals surface area contributed by atoms with Crippen LogP contribution in [0.5, 0.6) is 5.75 Å². The van der Waals surface area contributed by atoms with E-state index < -0.39 is 12.1 Å². The lowest BCUT2D eigenvalue weighted by Crippen LogP contribution is -2.24. The highest BCUT2D eigenvalue weighted by Gasteiger charge is 2.29. The number of aromatic nitrogens is 2. The maximum atomic E-state index is 11.6. The summed E-state index contributed by atoms with van der Waals surface area (Å²) in [5.74, 6) is -0.0463. The lowest BCUT2D eigenvalue weighted by Gasteiger charge is -2.22. The Morgan fingerprint density at radius 1 is 1.07 bits per heavy atom. The standard InChI is InChI=1S/C36H35ClN2O4S/c1-3-32(36(40)41)42-18-17-31-35-34-29(19-23(2)44-35)33(16-15-30(34)39(31)21-24-9-12-27(37)13-10-24)43-22-28-14-11-26(20-38-28)25-7-5-4-6-8-25/h4-16,20,23,32H,3,17-19,21-22H2,1-2H3,(H,40,41)/t23?,32-/m0/s1. The van der Waals surface area contributed by atoms with Crippen LogP contribution in [0, 0.1) is 0 Å². The Hall–Kier alpha value is -3.78. The van der Waals surface area contributed by atoms with E-state index >= 15 is 0 Å². The summed E-state index contributed by atoms with van der Waals surface area (Å²) in [5, 5.41) is 11.8. The van der Waals surface area contributed by atoms with Crippen molar-refractivity contribution in [3.05, 3.63) is 113 Å². The monoisotopic (exact) mass is 626 g/mol. The van der Waals surface area contributed by atoms with Gasteiger partial charge in [-0.1, -0.05) is 74.0 Å². The number of thioether (sulfide) groups is 1. The molecule has 8 heteroatoms. The summed E-state index contributed by atoms with van der Waals surface area (Å²) in [6.07, 6.45) is 3.02. The SMILES string of the molecule is CC[C@H](OCCc1c2c3c(c(OCc4ccc(-c5ccccc5)cn4)ccc3n1Cc1ccc(Cl)cc1)CC(C)S2)C(=O)O. The van der Waals surface area contributed by atoms with Crippen LogP contribution in [-0.2, 0) is 35.5 Å². The smallest absolute Gasteiger partial charge is 0.332 e. The topological polar surface area (TPSA) is 73.6 Å². The second-order valence-corrected chi connectivity index (χ2v) is 13.0. The first-order chi connectivity index (χ1) is 21.4. The van der Waals surface area contributed by atoms with Gasteiger partial charge in [0.15, 0.2) is 6.10 Å². The largest absolute Gasteiger partial charge is 0.487 e. The summed E-state index contributed by atoms with van der Waals surface area (Å²) < 4.78 is 14.6. The fourth-order valence-corrected chi connectivity index (χ4v) is 7.30. The summed E-state index contributed by atoms with van der Waals surface area (Å²) in [6.45, 7) is 5.45. The first-order valence-electron chi connectivity index (χ1n) is 15.0. The van der Waals surface area contributed by atoms with Crippen LogP contribution in [0.4, 0.5) is 0 Å². The predicted molar refractivity (Wildman–Crippen MR) is 177 cm³/mol. The first kappa shape index (κ1) is 30.3. The zero-order valence-corrected chi connectivity index (χ0v) is 26.4. The molecule has 0 bridgehead atoms. The van der Waals surface area contributed by atoms with Gasteiger partial charge in [0.1, 0.15) is 12.4 Å². The van der Waals surface area contributed by atoms with Gasteiger partial charge in [0.2, 0.25) is 0 Å². The summed E-state index contributed by atoms with van der Waals surface area (Å²) in [5.41, 5.74) is 7.73. The lowest BCUT2D eigenvalue weighted by atomic mass is 10.0. The molecular formula is C36H35ClN2O4S. The van der Waals surface area contributed by atoms with E-state index in [4.69, 9.17) is 21.1 Å². The molecule has 1 unspecified atom stereocenters. The first-order valence-corrected chi connectivity index (χ1v) is 16.2. The minimum absolute atomic E-state index is 0.326. The molecule has 6 nitrogen and oxygen atoms in total. The molecule has 0 radical (unpaired) electrons. The molecule has 3 aromatic carbocycles. The van der Waals surface area contributed by atoms with Crippen LogP contribution in [-0.4, -0.2) is 38.6 Å². The van der Waals surface area contributed by atoms with Crippen LogP contribution in [0.25, 0.3) is 22.0 Å². The number of rotatable bonds is 12. The number of halogens is 1. The van der Waals surface area contributed by atoms with E-state index in [0.29, 0.717) is 42.9 Å². The van der Waals surface area contributed by atoms with Crippen LogP contribution in [0.2, 0.25) is 5.02 Å². The number of aliphatic carboxylic acids is 1. The van der Waals surface area contributed by atoms with Crippen LogP contribution < -0.4 is 4.74 Å². The Bertz CT molecular complexity index is 1750. The van der Waals surface area contributed by atoms with Crippen LogP contribution >= 0.6 is 23.4 Å². The number of benzene rings is 3. The van der Waals surface area contributed by atoms with Crippen molar-refractivity contribution in [2.45, 2.75) is 62.5 Å². The molecule has 2 aromatic heterocycles. The lowest BCUT2D eigenvalue weighted by molar-refractivity contribution is -0.150. The molecule has 0 saturated carbocycles. The molecule has 5 aromatic rings. The second kappa shape index (κ2) is 13.5. The third-order valence-corrected chi connectivity index (χ3v) is 9.53. The maximum absolute atomic E-state index is 11.6. The van der Waals surface area contributed by atoms with E-state index in [1.807, 2.05) is 61.3 Å². The zero-order chi connectivity index (χ0) is 30.6. The number of carboxylic acids is 1. The van der Waals surface area contributed by atoms with Crippen molar-refractivity contribution in [2.75, 3.05) is 6.61 Å². The van der Waals surface area contributed by atoms with Gasteiger partial charge in [0.25, 0.3) is 0 Å². The van der Waals surface area contributed by atoms with Crippen molar-refractivity contribution in [1.82, 2.24) is 9.55 Å². The highest BCUT2D eigenvalue weighted by Crippen LogP contribution is 2.47. The molecular weight excluding hydrogens is 592 g/mol. The minimum Gasteiger partial charge on any atom is -0.487 e. The van der Waals surface area contributed by atoms with Crippen molar-refractivity contribution in [1.29, 1.82) is 0 Å². The molecule has 0 fully saturated rings. The van der Waals surface area contributed by atoms with E-state index in [0.717, 1.165) is 45.8 Å². The molecule has 44 heavy (non-hydrogen) atoms. The Kier molecular flexibility index (Phi) is 9.26. The quantitative estimate of drug-likeness (QED) is 0.150. The summed E-state index contributed by atoms with van der Waals surface area (Å²) >= 11 is 8.06. The molecule has 0 saturated heterocycles. The average molecular weight is 627 g/mol. The van der Waals surface area contributed by atoms with Gasteiger partial charge in [-0.2, -0.15) is 0 Å². The predicted octanol–water partition coefficient (Wildman–Crippen LogP) is 8.44. The van der Waals surface area contributed by atoms with Crippen molar-refractivity contribution in [2.24, 2.45) is 0 Å². The Morgan fingerprint density at radius 2 is 1.86 bits per heavy atom. The van der Waals surface area contributed by atoms with E-state index in [1.54, 1.807) is 0 Å². The van der Waals surface area contributed by atoms with Gasteiger partial charge < -0.3 is 19.1 Å². The van der Waals surface area contributed by atoms with Crippen LogP contribution in [0.3, 0.4) is 0 Å². The molecule has 226 valence electrons. The van der Waals surface area contributed by atoms with E-state index in [1.165, 1.54) is 15.8 Å². The normalized spacial score (nSPS) is 14.9. The molecule has 2 atom stereocenters. The fourth-order valence-electron chi connectivity index (χ4n) is 5.83. The van der Waals surface area contributed by atoms with Gasteiger partial charge in [-0.25, -0.2) is 4.79 Å². The van der Waals surface area contributed by atoms with E-state index in [-0.39, 0.29) is 0 Å². The molecule has 1 N–H and O–H groups in total. The van der Waals surface area contributed by atoms with Gasteiger partial charge in [-0.05, 0) is 54.3 Å².